The summed E-state index contributed by atoms with van der Waals surface area (Å²) in [5.41, 5.74) is 5.11. The summed E-state index contributed by atoms with van der Waals surface area (Å²) in [6.07, 6.45) is 7.03. The Morgan fingerprint density at radius 1 is 1.08 bits per heavy atom. The number of pyridine rings is 1. The number of anilines is 1. The van der Waals surface area contributed by atoms with Gasteiger partial charge in [0, 0.05) is 37.1 Å². The van der Waals surface area contributed by atoms with Crippen LogP contribution in [0.15, 0.2) is 53.3 Å². The molecule has 0 radical (unpaired) electrons. The van der Waals surface area contributed by atoms with Crippen LogP contribution in [0.5, 0.6) is 0 Å². The molecule has 2 aliphatic heterocycles. The van der Waals surface area contributed by atoms with Gasteiger partial charge in [-0.1, -0.05) is 12.1 Å². The van der Waals surface area contributed by atoms with Crippen LogP contribution in [0.3, 0.4) is 0 Å². The van der Waals surface area contributed by atoms with Crippen molar-refractivity contribution in [1.82, 2.24) is 4.98 Å². The van der Waals surface area contributed by atoms with Crippen molar-refractivity contribution in [2.24, 2.45) is 4.99 Å². The average molecular weight is 351 g/mol. The summed E-state index contributed by atoms with van der Waals surface area (Å²) in [5, 5.41) is 0. The maximum absolute atomic E-state index is 13.5. The van der Waals surface area contributed by atoms with Gasteiger partial charge in [-0.25, -0.2) is 4.39 Å². The fraction of sp³-hybridized carbons (Fsp3) is 0.333. The molecule has 0 amide bonds. The third-order valence-electron chi connectivity index (χ3n) is 4.77. The first-order valence-electron chi connectivity index (χ1n) is 9.09. The van der Waals surface area contributed by atoms with E-state index >= 15 is 0 Å². The van der Waals surface area contributed by atoms with Gasteiger partial charge in [-0.15, -0.1) is 0 Å². The van der Waals surface area contributed by atoms with Crippen molar-refractivity contribution in [3.05, 3.63) is 65.2 Å². The first-order chi connectivity index (χ1) is 12.8. The quantitative estimate of drug-likeness (QED) is 0.846. The van der Waals surface area contributed by atoms with Crippen LogP contribution in [0.4, 0.5) is 10.1 Å². The molecule has 0 bridgehead atoms. The number of halogens is 1. The lowest BCUT2D eigenvalue weighted by atomic mass is 9.95. The Balaban J connectivity index is 1.57. The molecule has 1 saturated heterocycles. The standard InChI is InChI=1S/C21H22FN3O/c22-19-13-18(14-23-15-19)21-17(2-1-7-24-21)12-16-3-5-20(6-4-16)25-8-10-26-11-9-25/h3-6,12-15H,1-2,7-11H2. The fourth-order valence-corrected chi connectivity index (χ4v) is 3.44. The third kappa shape index (κ3) is 3.83. The van der Waals surface area contributed by atoms with Crippen LogP contribution in [0, 0.1) is 5.82 Å². The topological polar surface area (TPSA) is 37.7 Å². The second kappa shape index (κ2) is 7.79. The molecule has 3 heterocycles. The molecule has 4 rings (SSSR count). The SMILES string of the molecule is Fc1cncc(C2=NCCCC2=Cc2ccc(N3CCOCC3)cc2)c1. The number of aromatic nitrogens is 1. The minimum Gasteiger partial charge on any atom is -0.378 e. The van der Waals surface area contributed by atoms with E-state index in [1.165, 1.54) is 18.0 Å². The van der Waals surface area contributed by atoms with Crippen LogP contribution in [0.2, 0.25) is 0 Å². The molecule has 134 valence electrons. The average Bonchev–Trinajstić information content (AvgIpc) is 2.70. The molecule has 2 aromatic rings. The molecule has 0 saturated carbocycles. The van der Waals surface area contributed by atoms with Crippen LogP contribution < -0.4 is 4.90 Å². The van der Waals surface area contributed by atoms with Gasteiger partial charge in [0.2, 0.25) is 0 Å². The minimum absolute atomic E-state index is 0.329. The number of rotatable bonds is 3. The highest BCUT2D eigenvalue weighted by Crippen LogP contribution is 2.24. The van der Waals surface area contributed by atoms with Gasteiger partial charge in [0.1, 0.15) is 5.82 Å². The van der Waals surface area contributed by atoms with Crippen LogP contribution >= 0.6 is 0 Å². The number of hydrogen-bond donors (Lipinski definition) is 0. The highest BCUT2D eigenvalue weighted by atomic mass is 19.1. The molecule has 0 aliphatic carbocycles. The zero-order chi connectivity index (χ0) is 17.8. The predicted octanol–water partition coefficient (Wildman–Crippen LogP) is 3.72. The molecule has 5 heteroatoms. The number of ether oxygens (including phenoxy) is 1. The van der Waals surface area contributed by atoms with Gasteiger partial charge >= 0.3 is 0 Å². The molecule has 0 spiro atoms. The zero-order valence-corrected chi connectivity index (χ0v) is 14.7. The second-order valence-electron chi connectivity index (χ2n) is 6.59. The Labute approximate surface area is 153 Å². The molecule has 1 fully saturated rings. The van der Waals surface area contributed by atoms with E-state index in [4.69, 9.17) is 4.74 Å². The lowest BCUT2D eigenvalue weighted by Gasteiger charge is -2.28. The van der Waals surface area contributed by atoms with Crippen molar-refractivity contribution in [3.8, 4) is 0 Å². The van der Waals surface area contributed by atoms with E-state index in [0.717, 1.165) is 68.1 Å². The summed E-state index contributed by atoms with van der Waals surface area (Å²) in [6, 6.07) is 10.1. The summed E-state index contributed by atoms with van der Waals surface area (Å²) in [6.45, 7) is 4.22. The summed E-state index contributed by atoms with van der Waals surface area (Å²) < 4.78 is 19.0. The van der Waals surface area contributed by atoms with Gasteiger partial charge in [0.05, 0.1) is 25.1 Å². The largest absolute Gasteiger partial charge is 0.378 e. The number of benzene rings is 1. The molecule has 26 heavy (non-hydrogen) atoms. The van der Waals surface area contributed by atoms with Crippen molar-refractivity contribution in [1.29, 1.82) is 0 Å². The molecule has 0 unspecified atom stereocenters. The lowest BCUT2D eigenvalue weighted by Crippen LogP contribution is -2.36. The van der Waals surface area contributed by atoms with Crippen LogP contribution in [-0.4, -0.2) is 43.5 Å². The molecule has 1 aromatic carbocycles. The number of morpholine rings is 1. The number of aliphatic imine (C=N–C) groups is 1. The van der Waals surface area contributed by atoms with E-state index < -0.39 is 0 Å². The molecule has 4 nitrogen and oxygen atoms in total. The summed E-state index contributed by atoms with van der Waals surface area (Å²) in [4.78, 5) is 10.9. The number of hydrogen-bond acceptors (Lipinski definition) is 4. The Hall–Kier alpha value is -2.53. The van der Waals surface area contributed by atoms with E-state index in [2.05, 4.69) is 45.2 Å². The van der Waals surface area contributed by atoms with E-state index in [1.54, 1.807) is 6.20 Å². The van der Waals surface area contributed by atoms with Crippen molar-refractivity contribution < 1.29 is 9.13 Å². The van der Waals surface area contributed by atoms with Gasteiger partial charge in [0.25, 0.3) is 0 Å². The second-order valence-corrected chi connectivity index (χ2v) is 6.59. The first-order valence-corrected chi connectivity index (χ1v) is 9.09. The zero-order valence-electron chi connectivity index (χ0n) is 14.7. The van der Waals surface area contributed by atoms with Gasteiger partial charge in [-0.2, -0.15) is 0 Å². The van der Waals surface area contributed by atoms with Crippen molar-refractivity contribution in [2.75, 3.05) is 37.7 Å². The van der Waals surface area contributed by atoms with Gasteiger partial charge in [0.15, 0.2) is 0 Å². The van der Waals surface area contributed by atoms with Crippen LogP contribution in [0.1, 0.15) is 24.0 Å². The molecule has 0 atom stereocenters. The highest BCUT2D eigenvalue weighted by Gasteiger charge is 2.15. The number of allylic oxidation sites excluding steroid dienone is 1. The lowest BCUT2D eigenvalue weighted by molar-refractivity contribution is 0.122. The summed E-state index contributed by atoms with van der Waals surface area (Å²) in [7, 11) is 0. The van der Waals surface area contributed by atoms with E-state index in [-0.39, 0.29) is 5.82 Å². The third-order valence-corrected chi connectivity index (χ3v) is 4.77. The molecule has 0 N–H and O–H groups in total. The van der Waals surface area contributed by atoms with Crippen molar-refractivity contribution in [3.63, 3.8) is 0 Å². The molecular weight excluding hydrogens is 329 g/mol. The van der Waals surface area contributed by atoms with E-state index in [1.807, 2.05) is 0 Å². The predicted molar refractivity (Wildman–Crippen MR) is 102 cm³/mol. The Bertz CT molecular complexity index is 823. The fourth-order valence-electron chi connectivity index (χ4n) is 3.44. The van der Waals surface area contributed by atoms with Gasteiger partial charge in [-0.3, -0.25) is 9.98 Å². The van der Waals surface area contributed by atoms with E-state index in [9.17, 15) is 4.39 Å². The number of nitrogens with zero attached hydrogens (tertiary/aromatic N) is 3. The van der Waals surface area contributed by atoms with E-state index in [0.29, 0.717) is 0 Å². The molecule has 1 aromatic heterocycles. The maximum atomic E-state index is 13.5. The normalized spacial score (nSPS) is 19.5. The van der Waals surface area contributed by atoms with Crippen molar-refractivity contribution >= 4 is 17.5 Å². The first kappa shape index (κ1) is 16.9. The minimum atomic E-state index is -0.329. The van der Waals surface area contributed by atoms with Crippen LogP contribution in [0.25, 0.3) is 6.08 Å². The van der Waals surface area contributed by atoms with Gasteiger partial charge < -0.3 is 9.64 Å². The smallest absolute Gasteiger partial charge is 0.142 e. The van der Waals surface area contributed by atoms with Crippen LogP contribution in [-0.2, 0) is 4.74 Å². The van der Waals surface area contributed by atoms with Gasteiger partial charge in [-0.05, 0) is 48.3 Å². The van der Waals surface area contributed by atoms with Crippen molar-refractivity contribution in [2.45, 2.75) is 12.8 Å². The molecular formula is C21H22FN3O. The maximum Gasteiger partial charge on any atom is 0.142 e. The Morgan fingerprint density at radius 3 is 2.65 bits per heavy atom. The Kier molecular flexibility index (Phi) is 5.07. The Morgan fingerprint density at radius 2 is 1.88 bits per heavy atom. The summed E-state index contributed by atoms with van der Waals surface area (Å²) >= 11 is 0. The highest BCUT2D eigenvalue weighted by molar-refractivity contribution is 6.15. The molecule has 2 aliphatic rings. The summed E-state index contributed by atoms with van der Waals surface area (Å²) in [5.74, 6) is -0.329. The monoisotopic (exact) mass is 351 g/mol.